The van der Waals surface area contributed by atoms with Crippen molar-refractivity contribution >= 4 is 50.7 Å². The van der Waals surface area contributed by atoms with Gasteiger partial charge in [-0.25, -0.2) is 17.9 Å². The van der Waals surface area contributed by atoms with Crippen molar-refractivity contribution in [1.82, 2.24) is 19.1 Å². The van der Waals surface area contributed by atoms with Gasteiger partial charge in [0.15, 0.2) is 0 Å². The number of aromatic nitrogens is 3. The number of nitrogens with one attached hydrogen (secondary N) is 2. The van der Waals surface area contributed by atoms with Gasteiger partial charge in [0.2, 0.25) is 5.91 Å². The Morgan fingerprint density at radius 3 is 2.25 bits per heavy atom. The number of anilines is 1. The second kappa shape index (κ2) is 15.7. The van der Waals surface area contributed by atoms with E-state index < -0.39 is 21.6 Å². The molecule has 13 heteroatoms. The molecule has 266 valence electrons. The zero-order valence-corrected chi connectivity index (χ0v) is 31.1. The van der Waals surface area contributed by atoms with Gasteiger partial charge >= 0.3 is 5.69 Å². The predicted octanol–water partition coefficient (Wildman–Crippen LogP) is 7.89. The van der Waals surface area contributed by atoms with Gasteiger partial charge in [-0.05, 0) is 59.4 Å². The summed E-state index contributed by atoms with van der Waals surface area (Å²) in [5.74, 6) is -0.411. The third-order valence-electron chi connectivity index (χ3n) is 7.97. The number of sulfonamides is 1. The van der Waals surface area contributed by atoms with Gasteiger partial charge in [0.1, 0.15) is 5.82 Å². The lowest BCUT2D eigenvalue weighted by molar-refractivity contribution is -0.117. The maximum atomic E-state index is 13.9. The van der Waals surface area contributed by atoms with Crippen LogP contribution in [0, 0.1) is 5.41 Å². The van der Waals surface area contributed by atoms with E-state index in [0.29, 0.717) is 46.2 Å². The Bertz CT molecular complexity index is 2240. The Labute approximate surface area is 307 Å². The van der Waals surface area contributed by atoms with Crippen molar-refractivity contribution in [2.45, 2.75) is 64.8 Å². The van der Waals surface area contributed by atoms with Gasteiger partial charge in [-0.1, -0.05) is 112 Å². The molecule has 1 aromatic heterocycles. The molecule has 0 aliphatic rings. The average molecular weight is 749 g/mol. The summed E-state index contributed by atoms with van der Waals surface area (Å²) in [5, 5.41) is 8.00. The molecule has 0 aliphatic heterocycles. The van der Waals surface area contributed by atoms with Gasteiger partial charge in [-0.15, -0.1) is 5.10 Å². The number of nitrogens with zero attached hydrogens (tertiary/aromatic N) is 3. The van der Waals surface area contributed by atoms with Crippen molar-refractivity contribution in [2.75, 3.05) is 5.32 Å². The number of aryl methyl sites for hydroxylation is 1. The lowest BCUT2D eigenvalue weighted by Crippen LogP contribution is -2.31. The summed E-state index contributed by atoms with van der Waals surface area (Å²) in [4.78, 5) is 39.3. The van der Waals surface area contributed by atoms with Crippen LogP contribution in [0.25, 0.3) is 16.8 Å². The third-order valence-corrected chi connectivity index (χ3v) is 10.0. The molecule has 2 amide bonds. The molecule has 0 radical (unpaired) electrons. The number of rotatable bonds is 12. The minimum atomic E-state index is -4.28. The Kier molecular flexibility index (Phi) is 11.5. The molecule has 0 fully saturated rings. The van der Waals surface area contributed by atoms with Crippen LogP contribution in [0.4, 0.5) is 5.69 Å². The molecule has 0 unspecified atom stereocenters. The van der Waals surface area contributed by atoms with Crippen LogP contribution in [0.1, 0.15) is 68.7 Å². The largest absolute Gasteiger partial charge is 0.351 e. The van der Waals surface area contributed by atoms with Crippen molar-refractivity contribution < 1.29 is 18.0 Å². The fourth-order valence-corrected chi connectivity index (χ4v) is 7.12. The maximum Gasteiger partial charge on any atom is 0.351 e. The first-order chi connectivity index (χ1) is 24.2. The highest BCUT2D eigenvalue weighted by atomic mass is 35.5. The average Bonchev–Trinajstić information content (AvgIpc) is 3.38. The topological polar surface area (TPSA) is 132 Å². The fourth-order valence-electron chi connectivity index (χ4n) is 5.50. The lowest BCUT2D eigenvalue weighted by Gasteiger charge is -2.17. The highest BCUT2D eigenvalue weighted by molar-refractivity contribution is 7.90. The van der Waals surface area contributed by atoms with E-state index in [9.17, 15) is 22.8 Å². The van der Waals surface area contributed by atoms with Crippen LogP contribution in [0.15, 0.2) is 101 Å². The van der Waals surface area contributed by atoms with Crippen molar-refractivity contribution in [3.8, 4) is 16.8 Å². The summed E-state index contributed by atoms with van der Waals surface area (Å²) in [6, 6.07) is 24.7. The fraction of sp³-hybridized carbons (Fsp3) is 0.263. The number of carbonyl (C=O) groups excluding carboxylic acids is 2. The second-order valence-electron chi connectivity index (χ2n) is 13.4. The van der Waals surface area contributed by atoms with Crippen LogP contribution >= 0.6 is 23.2 Å². The van der Waals surface area contributed by atoms with Gasteiger partial charge in [-0.2, -0.15) is 4.68 Å². The molecule has 10 nitrogen and oxygen atoms in total. The van der Waals surface area contributed by atoms with Crippen LogP contribution in [0.5, 0.6) is 0 Å². The first-order valence-electron chi connectivity index (χ1n) is 16.5. The Morgan fingerprint density at radius 1 is 0.882 bits per heavy atom. The smallest absolute Gasteiger partial charge is 0.326 e. The van der Waals surface area contributed by atoms with E-state index in [-0.39, 0.29) is 33.3 Å². The van der Waals surface area contributed by atoms with Crippen molar-refractivity contribution in [3.05, 3.63) is 128 Å². The molecular weight excluding hydrogens is 709 g/mol. The minimum absolute atomic E-state index is 0.0410. The van der Waals surface area contributed by atoms with E-state index in [4.69, 9.17) is 23.2 Å². The van der Waals surface area contributed by atoms with Gasteiger partial charge in [0.05, 0.1) is 32.7 Å². The van der Waals surface area contributed by atoms with Crippen LogP contribution in [-0.2, 0) is 27.8 Å². The Balaban J connectivity index is 1.42. The summed E-state index contributed by atoms with van der Waals surface area (Å²) in [6.07, 6.45) is 2.58. The van der Waals surface area contributed by atoms with Crippen LogP contribution < -0.4 is 15.7 Å². The molecular formula is C38H39Cl2N5O5S. The van der Waals surface area contributed by atoms with E-state index in [2.05, 4.69) is 22.1 Å². The van der Waals surface area contributed by atoms with Crippen LogP contribution in [0.3, 0.4) is 0 Å². The highest BCUT2D eigenvalue weighted by Gasteiger charge is 2.24. The number of benzene rings is 4. The number of amides is 2. The monoisotopic (exact) mass is 747 g/mol. The molecule has 4 aromatic carbocycles. The van der Waals surface area contributed by atoms with Gasteiger partial charge in [0, 0.05) is 24.1 Å². The Hall–Kier alpha value is -4.71. The second-order valence-corrected chi connectivity index (χ2v) is 15.8. The first kappa shape index (κ1) is 37.5. The van der Waals surface area contributed by atoms with Crippen molar-refractivity contribution in [3.63, 3.8) is 0 Å². The summed E-state index contributed by atoms with van der Waals surface area (Å²) in [6.45, 7) is 8.19. The zero-order valence-electron chi connectivity index (χ0n) is 28.7. The first-order valence-corrected chi connectivity index (χ1v) is 18.7. The molecule has 0 saturated heterocycles. The minimum Gasteiger partial charge on any atom is -0.326 e. The quantitative estimate of drug-likeness (QED) is 0.133. The normalized spacial score (nSPS) is 11.7. The standard InChI is InChI=1S/C38H39Cl2N5O5S/c1-5-6-15-34-42-45(32-22-27(20-21-31(32)40)41-35(46)23-38(2,3)4)37(48)44(34)24-25-16-18-26(19-17-25)28-11-8-10-14-33(28)51(49,50)43-36(47)29-12-7-9-13-30(29)39/h7-14,16-22H,5-6,15,23-24H2,1-4H3,(H,41,46)(H,43,47). The van der Waals surface area contributed by atoms with E-state index >= 15 is 0 Å². The maximum absolute atomic E-state index is 13.9. The lowest BCUT2D eigenvalue weighted by atomic mass is 9.92. The van der Waals surface area contributed by atoms with Gasteiger partial charge in [0.25, 0.3) is 15.9 Å². The molecule has 1 heterocycles. The number of hydrogen-bond donors (Lipinski definition) is 2. The molecule has 51 heavy (non-hydrogen) atoms. The van der Waals surface area contributed by atoms with E-state index in [1.54, 1.807) is 65.2 Å². The highest BCUT2D eigenvalue weighted by Crippen LogP contribution is 2.29. The summed E-state index contributed by atoms with van der Waals surface area (Å²) in [5.41, 5.74) is 2.06. The molecule has 2 N–H and O–H groups in total. The molecule has 5 rings (SSSR count). The summed E-state index contributed by atoms with van der Waals surface area (Å²) >= 11 is 12.7. The predicted molar refractivity (Wildman–Crippen MR) is 201 cm³/mol. The number of halogens is 2. The molecule has 0 aliphatic carbocycles. The van der Waals surface area contributed by atoms with E-state index in [1.807, 2.05) is 32.9 Å². The van der Waals surface area contributed by atoms with Crippen molar-refractivity contribution in [2.24, 2.45) is 5.41 Å². The SMILES string of the molecule is CCCCc1nn(-c2cc(NC(=O)CC(C)(C)C)ccc2Cl)c(=O)n1Cc1ccc(-c2ccccc2S(=O)(=O)NC(=O)c2ccccc2Cl)cc1. The summed E-state index contributed by atoms with van der Waals surface area (Å²) in [7, 11) is -4.28. The van der Waals surface area contributed by atoms with Gasteiger partial charge in [-0.3, -0.25) is 14.2 Å². The van der Waals surface area contributed by atoms with E-state index in [0.717, 1.165) is 18.4 Å². The molecule has 5 aromatic rings. The van der Waals surface area contributed by atoms with Crippen LogP contribution in [0.2, 0.25) is 10.0 Å². The van der Waals surface area contributed by atoms with Gasteiger partial charge < -0.3 is 5.32 Å². The molecule has 0 spiro atoms. The number of carbonyl (C=O) groups is 2. The molecule has 0 bridgehead atoms. The number of unbranched alkanes of at least 4 members (excludes halogenated alkanes) is 1. The summed E-state index contributed by atoms with van der Waals surface area (Å²) < 4.78 is 31.8. The Morgan fingerprint density at radius 2 is 1.57 bits per heavy atom. The zero-order chi connectivity index (χ0) is 36.9. The van der Waals surface area contributed by atoms with Crippen molar-refractivity contribution in [1.29, 1.82) is 0 Å². The van der Waals surface area contributed by atoms with E-state index in [1.165, 1.54) is 22.9 Å². The third kappa shape index (κ3) is 9.15. The van der Waals surface area contributed by atoms with Crippen LogP contribution in [-0.4, -0.2) is 34.6 Å². The number of hydrogen-bond acceptors (Lipinski definition) is 6. The molecule has 0 atom stereocenters. The molecule has 0 saturated carbocycles.